The summed E-state index contributed by atoms with van der Waals surface area (Å²) in [6.07, 6.45) is 0.868. The van der Waals surface area contributed by atoms with Crippen molar-refractivity contribution in [2.45, 2.75) is 12.2 Å². The lowest BCUT2D eigenvalue weighted by Gasteiger charge is -2.04. The molecule has 0 aromatic rings. The third-order valence-corrected chi connectivity index (χ3v) is 3.47. The topological polar surface area (TPSA) is 88.5 Å². The fourth-order valence-electron chi connectivity index (χ4n) is 0.625. The van der Waals surface area contributed by atoms with Gasteiger partial charge in [0.15, 0.2) is 9.84 Å². The van der Waals surface area contributed by atoms with E-state index in [2.05, 4.69) is 11.8 Å². The Morgan fingerprint density at radius 3 is 2.00 bits per heavy atom. The molecule has 0 amide bonds. The summed E-state index contributed by atoms with van der Waals surface area (Å²) in [7, 11) is -7.88. The number of sulfone groups is 1. The van der Waals surface area contributed by atoms with E-state index in [4.69, 9.17) is 4.55 Å². The summed E-state index contributed by atoms with van der Waals surface area (Å²) in [6.45, 7) is 1.39. The second-order valence-electron chi connectivity index (χ2n) is 2.46. The zero-order chi connectivity index (χ0) is 10.7. The van der Waals surface area contributed by atoms with Gasteiger partial charge in [-0.1, -0.05) is 5.92 Å². The normalized spacial score (nSPS) is 14.4. The van der Waals surface area contributed by atoms with E-state index < -0.39 is 31.0 Å². The molecule has 0 aliphatic rings. The van der Waals surface area contributed by atoms with Crippen LogP contribution in [0.15, 0.2) is 0 Å². The summed E-state index contributed by atoms with van der Waals surface area (Å²) >= 11 is 0. The number of hydrogen-bond donors (Lipinski definition) is 1. The second-order valence-corrected chi connectivity index (χ2v) is 6.19. The van der Waals surface area contributed by atoms with Gasteiger partial charge in [-0.2, -0.15) is 8.42 Å². The molecule has 0 saturated heterocycles. The largest absolute Gasteiger partial charge is 0.285 e. The van der Waals surface area contributed by atoms with Gasteiger partial charge in [0.2, 0.25) is 0 Å². The highest BCUT2D eigenvalue weighted by atomic mass is 32.2. The minimum Gasteiger partial charge on any atom is -0.285 e. The van der Waals surface area contributed by atoms with Crippen LogP contribution in [0.2, 0.25) is 0 Å². The first-order chi connectivity index (χ1) is 5.67. The molecule has 1 unspecified atom stereocenters. The Hall–Kier alpha value is -0.580. The van der Waals surface area contributed by atoms with Crippen LogP contribution in [0.1, 0.15) is 6.92 Å². The zero-order valence-electron chi connectivity index (χ0n) is 7.18. The molecule has 7 heteroatoms. The smallest absolute Gasteiger partial charge is 0.267 e. The van der Waals surface area contributed by atoms with E-state index in [1.165, 1.54) is 6.92 Å². The monoisotopic (exact) mass is 226 g/mol. The van der Waals surface area contributed by atoms with Crippen molar-refractivity contribution in [3.63, 3.8) is 0 Å². The molecule has 0 fully saturated rings. The summed E-state index contributed by atoms with van der Waals surface area (Å²) in [6, 6.07) is 0. The van der Waals surface area contributed by atoms with Crippen molar-refractivity contribution in [1.82, 2.24) is 0 Å². The fraction of sp³-hybridized carbons (Fsp3) is 0.667. The first-order valence-corrected chi connectivity index (χ1v) is 6.79. The van der Waals surface area contributed by atoms with Crippen molar-refractivity contribution in [3.8, 4) is 11.8 Å². The second kappa shape index (κ2) is 4.09. The van der Waals surface area contributed by atoms with Crippen molar-refractivity contribution in [3.05, 3.63) is 0 Å². The predicted octanol–water partition coefficient (Wildman–Crippen LogP) is -0.689. The van der Waals surface area contributed by atoms with Crippen LogP contribution in [0.3, 0.4) is 0 Å². The maximum atomic E-state index is 10.9. The molecule has 0 aliphatic heterocycles. The standard InChI is InChI=1S/C6H10O5S2/c1-3-4-6(12(2,7)8)5-13(9,10)11/h6H,5H2,1-2H3,(H,9,10,11). The average Bonchev–Trinajstić information content (AvgIpc) is 1.81. The van der Waals surface area contributed by atoms with Gasteiger partial charge in [0.1, 0.15) is 11.0 Å². The lowest BCUT2D eigenvalue weighted by molar-refractivity contribution is 0.482. The molecule has 0 rings (SSSR count). The van der Waals surface area contributed by atoms with Crippen LogP contribution in [0.5, 0.6) is 0 Å². The first-order valence-electron chi connectivity index (χ1n) is 3.23. The minimum absolute atomic E-state index is 0.868. The van der Waals surface area contributed by atoms with E-state index in [9.17, 15) is 16.8 Å². The molecule has 0 saturated carbocycles. The number of hydrogen-bond acceptors (Lipinski definition) is 4. The fourth-order valence-corrected chi connectivity index (χ4v) is 2.93. The molecule has 1 N–H and O–H groups in total. The number of rotatable bonds is 3. The van der Waals surface area contributed by atoms with E-state index in [0.717, 1.165) is 6.26 Å². The summed E-state index contributed by atoms with van der Waals surface area (Å²) in [4.78, 5) is 0. The van der Waals surface area contributed by atoms with Gasteiger partial charge in [0, 0.05) is 6.26 Å². The lowest BCUT2D eigenvalue weighted by Crippen LogP contribution is -2.27. The Kier molecular flexibility index (Phi) is 3.90. The molecule has 0 heterocycles. The lowest BCUT2D eigenvalue weighted by atomic mass is 10.5. The van der Waals surface area contributed by atoms with Gasteiger partial charge in [-0.25, -0.2) is 8.42 Å². The zero-order valence-corrected chi connectivity index (χ0v) is 8.81. The van der Waals surface area contributed by atoms with Crippen molar-refractivity contribution in [2.24, 2.45) is 0 Å². The van der Waals surface area contributed by atoms with Crippen molar-refractivity contribution in [1.29, 1.82) is 0 Å². The predicted molar refractivity (Wildman–Crippen MR) is 48.5 cm³/mol. The highest BCUT2D eigenvalue weighted by Crippen LogP contribution is 2.01. The van der Waals surface area contributed by atoms with Gasteiger partial charge in [-0.05, 0) is 6.92 Å². The summed E-state index contributed by atoms with van der Waals surface area (Å²) in [5.74, 6) is 3.61. The third-order valence-electron chi connectivity index (χ3n) is 1.18. The van der Waals surface area contributed by atoms with Gasteiger partial charge in [0.05, 0.1) is 0 Å². The van der Waals surface area contributed by atoms with Gasteiger partial charge >= 0.3 is 0 Å². The Labute approximate surface area is 77.8 Å². The summed E-state index contributed by atoms with van der Waals surface area (Å²) in [5, 5.41) is -1.35. The van der Waals surface area contributed by atoms with Crippen LogP contribution in [-0.2, 0) is 20.0 Å². The first kappa shape index (κ1) is 12.4. The molecule has 13 heavy (non-hydrogen) atoms. The minimum atomic E-state index is -4.31. The van der Waals surface area contributed by atoms with E-state index in [1.54, 1.807) is 0 Å². The third kappa shape index (κ3) is 5.63. The van der Waals surface area contributed by atoms with Crippen LogP contribution in [-0.4, -0.2) is 38.6 Å². The molecule has 0 aromatic carbocycles. The van der Waals surface area contributed by atoms with E-state index in [-0.39, 0.29) is 0 Å². The van der Waals surface area contributed by atoms with E-state index in [0.29, 0.717) is 0 Å². The summed E-state index contributed by atoms with van der Waals surface area (Å²) in [5.41, 5.74) is 0. The molecule has 76 valence electrons. The SMILES string of the molecule is CC#CC(CS(=O)(=O)O)S(C)(=O)=O. The van der Waals surface area contributed by atoms with Gasteiger partial charge in [-0.3, -0.25) is 4.55 Å². The van der Waals surface area contributed by atoms with Gasteiger partial charge in [0.25, 0.3) is 10.1 Å². The molecule has 0 aliphatic carbocycles. The molecule has 0 bridgehead atoms. The maximum Gasteiger partial charge on any atom is 0.267 e. The molecule has 0 aromatic heterocycles. The molecule has 5 nitrogen and oxygen atoms in total. The van der Waals surface area contributed by atoms with Crippen LogP contribution >= 0.6 is 0 Å². The average molecular weight is 226 g/mol. The summed E-state index contributed by atoms with van der Waals surface area (Å²) < 4.78 is 51.0. The van der Waals surface area contributed by atoms with E-state index in [1.807, 2.05) is 0 Å². The molecule has 1 atom stereocenters. The van der Waals surface area contributed by atoms with Crippen LogP contribution in [0, 0.1) is 11.8 Å². The maximum absolute atomic E-state index is 10.9. The molecular weight excluding hydrogens is 216 g/mol. The molecule has 0 radical (unpaired) electrons. The van der Waals surface area contributed by atoms with Crippen molar-refractivity contribution < 1.29 is 21.4 Å². The Bertz CT molecular complexity index is 419. The Morgan fingerprint density at radius 1 is 1.31 bits per heavy atom. The van der Waals surface area contributed by atoms with Crippen molar-refractivity contribution >= 4 is 20.0 Å². The quantitative estimate of drug-likeness (QED) is 0.508. The van der Waals surface area contributed by atoms with Crippen molar-refractivity contribution in [2.75, 3.05) is 12.0 Å². The van der Waals surface area contributed by atoms with Gasteiger partial charge in [-0.15, -0.1) is 5.92 Å². The highest BCUT2D eigenvalue weighted by molar-refractivity contribution is 7.93. The molecule has 0 spiro atoms. The molecular formula is C6H10O5S2. The Balaban J connectivity index is 4.95. The Morgan fingerprint density at radius 2 is 1.77 bits per heavy atom. The van der Waals surface area contributed by atoms with Gasteiger partial charge < -0.3 is 0 Å². The van der Waals surface area contributed by atoms with Crippen LogP contribution in [0.25, 0.3) is 0 Å². The van der Waals surface area contributed by atoms with Crippen LogP contribution in [0.4, 0.5) is 0 Å². The van der Waals surface area contributed by atoms with Crippen LogP contribution < -0.4 is 0 Å². The van der Waals surface area contributed by atoms with E-state index >= 15 is 0 Å². The highest BCUT2D eigenvalue weighted by Gasteiger charge is 2.24.